The molecule has 1 rings (SSSR count). The molecule has 0 aromatic rings. The zero-order chi connectivity index (χ0) is 12.2. The molecule has 1 heterocycles. The van der Waals surface area contributed by atoms with Gasteiger partial charge in [-0.1, -0.05) is 6.92 Å². The zero-order valence-corrected chi connectivity index (χ0v) is 11.0. The Morgan fingerprint density at radius 1 is 1.69 bits per heavy atom. The third-order valence-electron chi connectivity index (χ3n) is 2.30. The lowest BCUT2D eigenvalue weighted by Crippen LogP contribution is -2.57. The Balaban J connectivity index is 2.60. The Kier molecular flexibility index (Phi) is 4.94. The van der Waals surface area contributed by atoms with Crippen LogP contribution >= 0.6 is 23.5 Å². The van der Waals surface area contributed by atoms with Gasteiger partial charge in [0.05, 0.1) is 6.04 Å². The highest BCUT2D eigenvalue weighted by atomic mass is 32.2. The number of hydrogen-bond donors (Lipinski definition) is 3. The van der Waals surface area contributed by atoms with Crippen LogP contribution in [0.1, 0.15) is 13.8 Å². The molecule has 5 nitrogen and oxygen atoms in total. The van der Waals surface area contributed by atoms with Crippen LogP contribution in [0.15, 0.2) is 0 Å². The van der Waals surface area contributed by atoms with Crippen LogP contribution in [-0.2, 0) is 9.59 Å². The number of nitrogens with one attached hydrogen (secondary N) is 2. The lowest BCUT2D eigenvalue weighted by atomic mass is 10.2. The fourth-order valence-electron chi connectivity index (χ4n) is 1.34. The van der Waals surface area contributed by atoms with Gasteiger partial charge in [0.2, 0.25) is 5.91 Å². The molecule has 0 aromatic carbocycles. The highest BCUT2D eigenvalue weighted by molar-refractivity contribution is 8.01. The topological polar surface area (TPSA) is 84.2 Å². The first-order chi connectivity index (χ1) is 7.49. The van der Waals surface area contributed by atoms with Crippen molar-refractivity contribution in [2.75, 3.05) is 17.4 Å². The van der Waals surface area contributed by atoms with Gasteiger partial charge in [-0.3, -0.25) is 14.9 Å². The fourth-order valence-corrected chi connectivity index (χ4v) is 3.18. The van der Waals surface area contributed by atoms with Gasteiger partial charge in [-0.25, -0.2) is 0 Å². The Bertz CT molecular complexity index is 282. The lowest BCUT2D eigenvalue weighted by molar-refractivity contribution is -0.128. The Morgan fingerprint density at radius 2 is 2.38 bits per heavy atom. The summed E-state index contributed by atoms with van der Waals surface area (Å²) in [5, 5.41) is 5.76. The van der Waals surface area contributed by atoms with Crippen molar-refractivity contribution >= 4 is 35.3 Å². The Morgan fingerprint density at radius 3 is 2.81 bits per heavy atom. The second-order valence-electron chi connectivity index (χ2n) is 3.59. The van der Waals surface area contributed by atoms with Gasteiger partial charge in [0.1, 0.15) is 0 Å². The first kappa shape index (κ1) is 13.7. The van der Waals surface area contributed by atoms with Crippen molar-refractivity contribution < 1.29 is 9.59 Å². The van der Waals surface area contributed by atoms with E-state index in [9.17, 15) is 9.59 Å². The summed E-state index contributed by atoms with van der Waals surface area (Å²) >= 11 is 3.00. The second kappa shape index (κ2) is 5.79. The number of carbonyl (C=O) groups excluding carboxylic acids is 2. The summed E-state index contributed by atoms with van der Waals surface area (Å²) < 4.78 is 0. The minimum atomic E-state index is -1.01. The van der Waals surface area contributed by atoms with E-state index in [2.05, 4.69) is 10.6 Å². The molecule has 92 valence electrons. The van der Waals surface area contributed by atoms with Crippen LogP contribution in [-0.4, -0.2) is 40.1 Å². The largest absolute Gasteiger partial charge is 0.367 e. The Labute approximate surface area is 104 Å². The monoisotopic (exact) mass is 263 g/mol. The van der Waals surface area contributed by atoms with Crippen molar-refractivity contribution in [1.29, 1.82) is 0 Å². The molecule has 0 aromatic heterocycles. The molecule has 0 radical (unpaired) electrons. The van der Waals surface area contributed by atoms with Crippen molar-refractivity contribution in [3.05, 3.63) is 0 Å². The number of carbonyl (C=O) groups is 2. The first-order valence-corrected chi connectivity index (χ1v) is 7.20. The first-order valence-electron chi connectivity index (χ1n) is 5.06. The zero-order valence-electron chi connectivity index (χ0n) is 9.41. The predicted octanol–water partition coefficient (Wildman–Crippen LogP) is -0.280. The second-order valence-corrected chi connectivity index (χ2v) is 6.30. The van der Waals surface area contributed by atoms with E-state index in [-0.39, 0.29) is 11.9 Å². The van der Waals surface area contributed by atoms with E-state index in [0.29, 0.717) is 5.75 Å². The summed E-state index contributed by atoms with van der Waals surface area (Å²) in [5.41, 5.74) is 5.30. The van der Waals surface area contributed by atoms with E-state index >= 15 is 0 Å². The summed E-state index contributed by atoms with van der Waals surface area (Å²) in [7, 11) is 0. The van der Waals surface area contributed by atoms with Gasteiger partial charge in [0.15, 0.2) is 4.87 Å². The van der Waals surface area contributed by atoms with Gasteiger partial charge in [0.25, 0.3) is 5.91 Å². The molecule has 1 unspecified atom stereocenters. The molecule has 7 heteroatoms. The Hall–Kier alpha value is -0.400. The van der Waals surface area contributed by atoms with Gasteiger partial charge >= 0.3 is 0 Å². The average molecular weight is 263 g/mol. The van der Waals surface area contributed by atoms with Crippen LogP contribution < -0.4 is 16.4 Å². The van der Waals surface area contributed by atoms with Gasteiger partial charge in [-0.2, -0.15) is 0 Å². The van der Waals surface area contributed by atoms with Crippen LogP contribution in [0.3, 0.4) is 0 Å². The van der Waals surface area contributed by atoms with E-state index in [1.807, 2.05) is 6.92 Å². The molecule has 1 aliphatic rings. The normalized spacial score (nSPS) is 23.8. The maximum atomic E-state index is 11.8. The van der Waals surface area contributed by atoms with Crippen molar-refractivity contribution in [3.63, 3.8) is 0 Å². The highest BCUT2D eigenvalue weighted by Gasteiger charge is 2.35. The number of nitrogens with two attached hydrogens (primary N) is 1. The lowest BCUT2D eigenvalue weighted by Gasteiger charge is -2.27. The predicted molar refractivity (Wildman–Crippen MR) is 68.1 cm³/mol. The maximum absolute atomic E-state index is 11.8. The molecule has 2 atom stereocenters. The van der Waals surface area contributed by atoms with Crippen molar-refractivity contribution in [1.82, 2.24) is 10.6 Å². The highest BCUT2D eigenvalue weighted by Crippen LogP contribution is 2.22. The fraction of sp³-hybridized carbons (Fsp3) is 0.778. The van der Waals surface area contributed by atoms with Crippen molar-refractivity contribution in [3.8, 4) is 0 Å². The van der Waals surface area contributed by atoms with E-state index in [4.69, 9.17) is 5.73 Å². The number of primary amides is 1. The molecule has 0 saturated carbocycles. The van der Waals surface area contributed by atoms with Crippen LogP contribution in [0.2, 0.25) is 0 Å². The van der Waals surface area contributed by atoms with Gasteiger partial charge in [-0.05, 0) is 12.7 Å². The number of thioether (sulfide) groups is 2. The van der Waals surface area contributed by atoms with E-state index in [0.717, 1.165) is 11.6 Å². The molecule has 0 aliphatic carbocycles. The smallest absolute Gasteiger partial charge is 0.253 e. The van der Waals surface area contributed by atoms with Crippen LogP contribution in [0.25, 0.3) is 0 Å². The van der Waals surface area contributed by atoms with Crippen molar-refractivity contribution in [2.24, 2.45) is 5.73 Å². The van der Waals surface area contributed by atoms with Gasteiger partial charge in [-0.15, -0.1) is 23.5 Å². The standard InChI is InChI=1S/C9H17N3O2S2/c1-3-16-9(2,8(10)14)12-7(13)6-4-15-5-11-6/h6,11H,3-5H2,1-2H3,(H2,10,14)(H,12,13)/t6-,9?/m0/s1. The van der Waals surface area contributed by atoms with Crippen LogP contribution in [0.4, 0.5) is 0 Å². The van der Waals surface area contributed by atoms with Crippen LogP contribution in [0.5, 0.6) is 0 Å². The number of hydrogen-bond acceptors (Lipinski definition) is 5. The van der Waals surface area contributed by atoms with E-state index in [1.54, 1.807) is 18.7 Å². The summed E-state index contributed by atoms with van der Waals surface area (Å²) in [4.78, 5) is 22.1. The van der Waals surface area contributed by atoms with Crippen LogP contribution in [0, 0.1) is 0 Å². The van der Waals surface area contributed by atoms with E-state index < -0.39 is 10.8 Å². The van der Waals surface area contributed by atoms with E-state index in [1.165, 1.54) is 11.8 Å². The summed E-state index contributed by atoms with van der Waals surface area (Å²) in [6, 6.07) is -0.221. The third kappa shape index (κ3) is 3.29. The molecule has 1 saturated heterocycles. The molecular formula is C9H17N3O2S2. The molecule has 0 bridgehead atoms. The van der Waals surface area contributed by atoms with Gasteiger partial charge < -0.3 is 11.1 Å². The minimum Gasteiger partial charge on any atom is -0.367 e. The maximum Gasteiger partial charge on any atom is 0.253 e. The summed E-state index contributed by atoms with van der Waals surface area (Å²) in [6.07, 6.45) is 0. The average Bonchev–Trinajstić information content (AvgIpc) is 2.70. The van der Waals surface area contributed by atoms with Crippen molar-refractivity contribution in [2.45, 2.75) is 24.8 Å². The molecule has 1 fully saturated rings. The number of rotatable bonds is 5. The minimum absolute atomic E-state index is 0.160. The SMILES string of the molecule is CCSC(C)(NC(=O)[C@@H]1CSCN1)C(N)=O. The summed E-state index contributed by atoms with van der Waals surface area (Å²) in [5.74, 6) is 1.54. The summed E-state index contributed by atoms with van der Waals surface area (Å²) in [6.45, 7) is 3.56. The molecule has 4 N–H and O–H groups in total. The van der Waals surface area contributed by atoms with Gasteiger partial charge in [0, 0.05) is 11.6 Å². The third-order valence-corrected chi connectivity index (χ3v) is 4.41. The molecular weight excluding hydrogens is 246 g/mol. The number of amides is 2. The molecule has 16 heavy (non-hydrogen) atoms. The molecule has 0 spiro atoms. The quantitative estimate of drug-likeness (QED) is 0.594. The molecule has 2 amide bonds. The molecule has 1 aliphatic heterocycles.